The number of nitroso groups, excluding NO2 is 1. The summed E-state index contributed by atoms with van der Waals surface area (Å²) in [5.74, 6) is 0.164. The van der Waals surface area contributed by atoms with Gasteiger partial charge in [0.1, 0.15) is 5.75 Å². The lowest BCUT2D eigenvalue weighted by Gasteiger charge is -2.12. The molecule has 0 amide bonds. The van der Waals surface area contributed by atoms with Crippen LogP contribution in [0.25, 0.3) is 21.9 Å². The smallest absolute Gasteiger partial charge is 0.123 e. The molecule has 3 rings (SSSR count). The number of nitrogens with zero attached hydrogens (tertiary/aromatic N) is 1. The van der Waals surface area contributed by atoms with Crippen LogP contribution in [0.3, 0.4) is 0 Å². The highest BCUT2D eigenvalue weighted by molar-refractivity contribution is 6.02. The van der Waals surface area contributed by atoms with Crippen LogP contribution >= 0.6 is 0 Å². The van der Waals surface area contributed by atoms with Gasteiger partial charge in [-0.1, -0.05) is 54.6 Å². The molecule has 4 nitrogen and oxygen atoms in total. The number of hydrogen-bond donors (Lipinski definition) is 2. The molecule has 0 aromatic heterocycles. The Balaban J connectivity index is 2.33. The largest absolute Gasteiger partial charge is 0.507 e. The SMILES string of the molecule is O=NNc1c(-c2ccccc2O)ccc2ccccc12. The minimum atomic E-state index is 0.164. The summed E-state index contributed by atoms with van der Waals surface area (Å²) < 4.78 is 0. The standard InChI is InChI=1S/C16H12N2O2/c19-15-8-4-3-7-13(15)14-10-9-11-5-1-2-6-12(11)16(14)17-18-20/h1-10,19H,(H,17,20). The van der Waals surface area contributed by atoms with Gasteiger partial charge in [0.15, 0.2) is 0 Å². The van der Waals surface area contributed by atoms with Crippen molar-refractivity contribution in [3.8, 4) is 16.9 Å². The quantitative estimate of drug-likeness (QED) is 0.547. The van der Waals surface area contributed by atoms with Crippen LogP contribution in [0.5, 0.6) is 5.75 Å². The van der Waals surface area contributed by atoms with Crippen molar-refractivity contribution in [2.45, 2.75) is 0 Å². The van der Waals surface area contributed by atoms with E-state index in [1.165, 1.54) is 0 Å². The molecule has 0 aliphatic carbocycles. The Kier molecular flexibility index (Phi) is 3.05. The number of anilines is 1. The first kappa shape index (κ1) is 12.2. The zero-order valence-electron chi connectivity index (χ0n) is 10.6. The van der Waals surface area contributed by atoms with Crippen LogP contribution in [0.4, 0.5) is 5.69 Å². The number of rotatable bonds is 3. The molecule has 3 aromatic rings. The predicted molar refractivity (Wildman–Crippen MR) is 80.5 cm³/mol. The summed E-state index contributed by atoms with van der Waals surface area (Å²) in [5, 5.41) is 14.7. The van der Waals surface area contributed by atoms with Crippen LogP contribution in [0.15, 0.2) is 65.9 Å². The van der Waals surface area contributed by atoms with Crippen molar-refractivity contribution in [2.24, 2.45) is 5.29 Å². The van der Waals surface area contributed by atoms with Crippen molar-refractivity contribution in [2.75, 3.05) is 5.43 Å². The zero-order valence-corrected chi connectivity index (χ0v) is 10.6. The monoisotopic (exact) mass is 264 g/mol. The average Bonchev–Trinajstić information content (AvgIpc) is 2.49. The van der Waals surface area contributed by atoms with Gasteiger partial charge in [0.2, 0.25) is 0 Å². The van der Waals surface area contributed by atoms with Gasteiger partial charge < -0.3 is 5.11 Å². The number of hydrogen-bond acceptors (Lipinski definition) is 3. The van der Waals surface area contributed by atoms with Crippen molar-refractivity contribution in [3.05, 3.63) is 65.6 Å². The van der Waals surface area contributed by atoms with Gasteiger partial charge >= 0.3 is 0 Å². The second-order valence-electron chi connectivity index (χ2n) is 4.43. The van der Waals surface area contributed by atoms with Crippen molar-refractivity contribution in [1.29, 1.82) is 0 Å². The van der Waals surface area contributed by atoms with Crippen LogP contribution in [0.2, 0.25) is 0 Å². The van der Waals surface area contributed by atoms with E-state index in [0.717, 1.165) is 16.3 Å². The molecule has 4 heteroatoms. The maximum atomic E-state index is 10.7. The van der Waals surface area contributed by atoms with E-state index in [9.17, 15) is 10.0 Å². The molecule has 98 valence electrons. The molecule has 20 heavy (non-hydrogen) atoms. The summed E-state index contributed by atoms with van der Waals surface area (Å²) in [5.41, 5.74) is 4.49. The van der Waals surface area contributed by atoms with E-state index in [2.05, 4.69) is 10.7 Å². The van der Waals surface area contributed by atoms with Crippen molar-refractivity contribution in [3.63, 3.8) is 0 Å². The van der Waals surface area contributed by atoms with E-state index in [-0.39, 0.29) is 5.75 Å². The molecule has 0 bridgehead atoms. The summed E-state index contributed by atoms with van der Waals surface area (Å²) in [6.07, 6.45) is 0. The topological polar surface area (TPSA) is 61.7 Å². The third-order valence-corrected chi connectivity index (χ3v) is 3.28. The summed E-state index contributed by atoms with van der Waals surface area (Å²) >= 11 is 0. The molecule has 0 fully saturated rings. The van der Waals surface area contributed by atoms with E-state index in [1.807, 2.05) is 42.5 Å². The first-order valence-electron chi connectivity index (χ1n) is 6.20. The molecule has 0 heterocycles. The lowest BCUT2D eigenvalue weighted by molar-refractivity contribution is 0.477. The van der Waals surface area contributed by atoms with Gasteiger partial charge in [0.05, 0.1) is 11.0 Å². The second-order valence-corrected chi connectivity index (χ2v) is 4.43. The molecular formula is C16H12N2O2. The van der Waals surface area contributed by atoms with E-state index in [0.29, 0.717) is 11.3 Å². The Bertz CT molecular complexity index is 784. The molecular weight excluding hydrogens is 252 g/mol. The van der Waals surface area contributed by atoms with Crippen LogP contribution < -0.4 is 5.43 Å². The summed E-state index contributed by atoms with van der Waals surface area (Å²) in [6, 6.07) is 18.5. The highest BCUT2D eigenvalue weighted by Gasteiger charge is 2.12. The van der Waals surface area contributed by atoms with Gasteiger partial charge in [0.25, 0.3) is 0 Å². The van der Waals surface area contributed by atoms with Gasteiger partial charge in [-0.2, -0.15) is 0 Å². The van der Waals surface area contributed by atoms with Crippen molar-refractivity contribution in [1.82, 2.24) is 0 Å². The van der Waals surface area contributed by atoms with E-state index in [4.69, 9.17) is 0 Å². The van der Waals surface area contributed by atoms with E-state index in [1.54, 1.807) is 18.2 Å². The summed E-state index contributed by atoms with van der Waals surface area (Å²) in [6.45, 7) is 0. The predicted octanol–water partition coefficient (Wildman–Crippen LogP) is 4.31. The lowest BCUT2D eigenvalue weighted by Crippen LogP contribution is -1.92. The summed E-state index contributed by atoms with van der Waals surface area (Å²) in [7, 11) is 0. The third-order valence-electron chi connectivity index (χ3n) is 3.28. The summed E-state index contributed by atoms with van der Waals surface area (Å²) in [4.78, 5) is 10.7. The van der Waals surface area contributed by atoms with Gasteiger partial charge in [-0.25, -0.2) is 5.43 Å². The zero-order chi connectivity index (χ0) is 13.9. The fourth-order valence-electron chi connectivity index (χ4n) is 2.36. The Morgan fingerprint density at radius 2 is 1.60 bits per heavy atom. The lowest BCUT2D eigenvalue weighted by atomic mass is 9.98. The van der Waals surface area contributed by atoms with E-state index >= 15 is 0 Å². The highest BCUT2D eigenvalue weighted by Crippen LogP contribution is 2.38. The molecule has 0 aliphatic heterocycles. The number of benzene rings is 3. The number of fused-ring (bicyclic) bond motifs is 1. The Labute approximate surface area is 115 Å². The number of aromatic hydroxyl groups is 1. The fraction of sp³-hybridized carbons (Fsp3) is 0. The molecule has 0 atom stereocenters. The van der Waals surface area contributed by atoms with Crippen LogP contribution in [0.1, 0.15) is 0 Å². The highest BCUT2D eigenvalue weighted by atomic mass is 16.3. The average molecular weight is 264 g/mol. The van der Waals surface area contributed by atoms with Gasteiger partial charge in [0, 0.05) is 16.5 Å². The Hall–Kier alpha value is -2.88. The maximum absolute atomic E-state index is 10.7. The maximum Gasteiger partial charge on any atom is 0.123 e. The van der Waals surface area contributed by atoms with Gasteiger partial charge in [-0.3, -0.25) is 0 Å². The van der Waals surface area contributed by atoms with Crippen molar-refractivity contribution < 1.29 is 5.11 Å². The molecule has 3 aromatic carbocycles. The number of phenolic OH excluding ortho intramolecular Hbond substituents is 1. The normalized spacial score (nSPS) is 10.4. The van der Waals surface area contributed by atoms with E-state index < -0.39 is 0 Å². The molecule has 0 saturated heterocycles. The van der Waals surface area contributed by atoms with Gasteiger partial charge in [-0.15, -0.1) is 4.91 Å². The molecule has 0 radical (unpaired) electrons. The third kappa shape index (κ3) is 1.97. The van der Waals surface area contributed by atoms with Gasteiger partial charge in [-0.05, 0) is 11.5 Å². The first-order valence-corrected chi connectivity index (χ1v) is 6.20. The minimum absolute atomic E-state index is 0.164. The number of phenols is 1. The molecule has 0 saturated carbocycles. The molecule has 2 N–H and O–H groups in total. The first-order chi connectivity index (χ1) is 9.81. The number of nitrogens with one attached hydrogen (secondary N) is 1. The second kappa shape index (κ2) is 5.01. The molecule has 0 aliphatic rings. The minimum Gasteiger partial charge on any atom is -0.507 e. The Morgan fingerprint density at radius 1 is 0.850 bits per heavy atom. The van der Waals surface area contributed by atoms with Crippen LogP contribution in [-0.2, 0) is 0 Å². The van der Waals surface area contributed by atoms with Crippen molar-refractivity contribution >= 4 is 16.5 Å². The fourth-order valence-corrected chi connectivity index (χ4v) is 2.36. The Morgan fingerprint density at radius 3 is 2.40 bits per heavy atom. The van der Waals surface area contributed by atoms with Crippen LogP contribution in [0, 0.1) is 4.91 Å². The molecule has 0 spiro atoms. The number of para-hydroxylation sites is 1. The molecule has 0 unspecified atom stereocenters. The van der Waals surface area contributed by atoms with Crippen LogP contribution in [-0.4, -0.2) is 5.11 Å².